The average Bonchev–Trinajstić information content (AvgIpc) is 3.24. The van der Waals surface area contributed by atoms with Crippen LogP contribution < -0.4 is 10.3 Å². The van der Waals surface area contributed by atoms with Gasteiger partial charge in [0.05, 0.1) is 23.7 Å². The molecule has 0 radical (unpaired) electrons. The molecule has 0 aliphatic heterocycles. The summed E-state index contributed by atoms with van der Waals surface area (Å²) in [6.45, 7) is 4.07. The maximum absolute atomic E-state index is 13.5. The van der Waals surface area contributed by atoms with Crippen LogP contribution in [0.3, 0.4) is 0 Å². The van der Waals surface area contributed by atoms with E-state index in [9.17, 15) is 4.79 Å². The van der Waals surface area contributed by atoms with Crippen LogP contribution in [0.25, 0.3) is 22.4 Å². The molecule has 7 heteroatoms. The fraction of sp³-hybridized carbons (Fsp3) is 0.160. The lowest BCUT2D eigenvalue weighted by molar-refractivity contribution is 0.414. The molecule has 0 atom stereocenters. The maximum atomic E-state index is 13.5. The molecule has 2 aromatic heterocycles. The molecule has 0 saturated carbocycles. The van der Waals surface area contributed by atoms with Crippen molar-refractivity contribution in [1.29, 1.82) is 0 Å². The van der Waals surface area contributed by atoms with Crippen molar-refractivity contribution in [3.8, 4) is 11.4 Å². The summed E-state index contributed by atoms with van der Waals surface area (Å²) in [5.74, 6) is 2.04. The number of hydrogen-bond acceptors (Lipinski definition) is 5. The standard InChI is InChI=1S/C25H22N4O2S/c1-16-8-6-13-21(17(16)2)28-23(30)20-11-4-5-12-22(20)29-24(28)26-27-25(29)32-15-18-9-7-10-19(14-18)31-3/h4-14H,15H2,1-3H3. The number of benzene rings is 3. The molecule has 0 spiro atoms. The van der Waals surface area contributed by atoms with Gasteiger partial charge >= 0.3 is 0 Å². The third-order valence-electron chi connectivity index (χ3n) is 5.71. The SMILES string of the molecule is COc1cccc(CSc2nnc3n(-c4cccc(C)c4C)c(=O)c4ccccc4n23)c1. The molecule has 5 aromatic rings. The van der Waals surface area contributed by atoms with Crippen molar-refractivity contribution in [3.05, 3.63) is 93.8 Å². The highest BCUT2D eigenvalue weighted by Crippen LogP contribution is 2.27. The highest BCUT2D eigenvalue weighted by molar-refractivity contribution is 7.98. The Balaban J connectivity index is 1.71. The van der Waals surface area contributed by atoms with Gasteiger partial charge in [-0.1, -0.05) is 48.2 Å². The van der Waals surface area contributed by atoms with Crippen LogP contribution in [0.1, 0.15) is 16.7 Å². The number of fused-ring (bicyclic) bond motifs is 3. The second kappa shape index (κ2) is 8.16. The highest BCUT2D eigenvalue weighted by atomic mass is 32.2. The zero-order valence-corrected chi connectivity index (χ0v) is 18.9. The third kappa shape index (κ3) is 3.35. The first-order valence-electron chi connectivity index (χ1n) is 10.3. The fourth-order valence-electron chi connectivity index (χ4n) is 3.88. The van der Waals surface area contributed by atoms with Crippen LogP contribution in [0.5, 0.6) is 5.75 Å². The van der Waals surface area contributed by atoms with Gasteiger partial charge in [0.15, 0.2) is 5.16 Å². The lowest BCUT2D eigenvalue weighted by atomic mass is 10.1. The molecule has 6 nitrogen and oxygen atoms in total. The second-order valence-corrected chi connectivity index (χ2v) is 8.58. The van der Waals surface area contributed by atoms with Gasteiger partial charge in [0.2, 0.25) is 5.78 Å². The summed E-state index contributed by atoms with van der Waals surface area (Å²) in [4.78, 5) is 13.5. The normalized spacial score (nSPS) is 11.3. The topological polar surface area (TPSA) is 61.4 Å². The molecule has 160 valence electrons. The minimum absolute atomic E-state index is 0.0986. The first-order valence-corrected chi connectivity index (χ1v) is 11.3. The number of nitrogens with zero attached hydrogens (tertiary/aromatic N) is 4. The van der Waals surface area contributed by atoms with E-state index in [0.717, 1.165) is 38.8 Å². The van der Waals surface area contributed by atoms with Crippen molar-refractivity contribution in [1.82, 2.24) is 19.2 Å². The van der Waals surface area contributed by atoms with E-state index in [4.69, 9.17) is 4.74 Å². The van der Waals surface area contributed by atoms with Crippen molar-refractivity contribution in [2.24, 2.45) is 0 Å². The van der Waals surface area contributed by atoms with Crippen LogP contribution in [0.4, 0.5) is 0 Å². The third-order valence-corrected chi connectivity index (χ3v) is 6.71. The molecule has 0 saturated heterocycles. The molecule has 3 aromatic carbocycles. The quantitative estimate of drug-likeness (QED) is 0.360. The molecule has 2 heterocycles. The number of para-hydroxylation sites is 1. The van der Waals surface area contributed by atoms with Gasteiger partial charge in [-0.2, -0.15) is 0 Å². The Morgan fingerprint density at radius 1 is 0.969 bits per heavy atom. The smallest absolute Gasteiger partial charge is 0.267 e. The van der Waals surface area contributed by atoms with Crippen LogP contribution in [-0.4, -0.2) is 26.3 Å². The van der Waals surface area contributed by atoms with Crippen LogP contribution in [-0.2, 0) is 5.75 Å². The number of thioether (sulfide) groups is 1. The molecule has 0 unspecified atom stereocenters. The second-order valence-electron chi connectivity index (χ2n) is 7.63. The highest BCUT2D eigenvalue weighted by Gasteiger charge is 2.19. The minimum atomic E-state index is -0.0986. The molecule has 0 bridgehead atoms. The van der Waals surface area contributed by atoms with Crippen LogP contribution >= 0.6 is 11.8 Å². The van der Waals surface area contributed by atoms with Gasteiger partial charge < -0.3 is 4.74 Å². The molecule has 0 N–H and O–H groups in total. The Labute approximate surface area is 189 Å². The summed E-state index contributed by atoms with van der Waals surface area (Å²) >= 11 is 1.58. The zero-order chi connectivity index (χ0) is 22.2. The van der Waals surface area contributed by atoms with E-state index in [-0.39, 0.29) is 5.56 Å². The van der Waals surface area contributed by atoms with Crippen molar-refractivity contribution in [2.45, 2.75) is 24.8 Å². The number of methoxy groups -OCH3 is 1. The van der Waals surface area contributed by atoms with Gasteiger partial charge in [0.1, 0.15) is 5.75 Å². The Hall–Kier alpha value is -3.58. The first-order chi connectivity index (χ1) is 15.6. The van der Waals surface area contributed by atoms with Crippen LogP contribution in [0.15, 0.2) is 76.7 Å². The molecule has 5 rings (SSSR count). The van der Waals surface area contributed by atoms with E-state index in [1.807, 2.05) is 78.9 Å². The van der Waals surface area contributed by atoms with Gasteiger partial charge in [-0.25, -0.2) is 4.57 Å². The predicted octanol–water partition coefficient (Wildman–Crippen LogP) is 4.95. The maximum Gasteiger partial charge on any atom is 0.267 e. The van der Waals surface area contributed by atoms with E-state index in [0.29, 0.717) is 16.9 Å². The van der Waals surface area contributed by atoms with E-state index in [2.05, 4.69) is 16.3 Å². The molecule has 0 fully saturated rings. The van der Waals surface area contributed by atoms with E-state index >= 15 is 0 Å². The summed E-state index contributed by atoms with van der Waals surface area (Å²) in [6, 6.07) is 21.6. The summed E-state index contributed by atoms with van der Waals surface area (Å²) in [5, 5.41) is 10.3. The molecular weight excluding hydrogens is 420 g/mol. The van der Waals surface area contributed by atoms with Gasteiger partial charge in [0, 0.05) is 5.75 Å². The zero-order valence-electron chi connectivity index (χ0n) is 18.1. The Bertz CT molecular complexity index is 1520. The summed E-state index contributed by atoms with van der Waals surface area (Å²) in [5.41, 5.74) is 4.81. The summed E-state index contributed by atoms with van der Waals surface area (Å²) in [7, 11) is 1.66. The van der Waals surface area contributed by atoms with E-state index < -0.39 is 0 Å². The average molecular weight is 443 g/mol. The number of rotatable bonds is 5. The van der Waals surface area contributed by atoms with Gasteiger partial charge in [-0.15, -0.1) is 10.2 Å². The lowest BCUT2D eigenvalue weighted by Gasteiger charge is -2.14. The predicted molar refractivity (Wildman–Crippen MR) is 128 cm³/mol. The molecule has 32 heavy (non-hydrogen) atoms. The number of hydrogen-bond donors (Lipinski definition) is 0. The molecule has 0 aliphatic rings. The number of aromatic nitrogens is 4. The Morgan fingerprint density at radius 3 is 2.62 bits per heavy atom. The first kappa shape index (κ1) is 20.3. The fourth-order valence-corrected chi connectivity index (χ4v) is 4.76. The molecular formula is C25H22N4O2S. The Morgan fingerprint density at radius 2 is 1.78 bits per heavy atom. The molecule has 0 aliphatic carbocycles. The largest absolute Gasteiger partial charge is 0.497 e. The van der Waals surface area contributed by atoms with Crippen LogP contribution in [0.2, 0.25) is 0 Å². The van der Waals surface area contributed by atoms with Gasteiger partial charge in [-0.3, -0.25) is 9.20 Å². The van der Waals surface area contributed by atoms with E-state index in [1.54, 1.807) is 23.4 Å². The number of aryl methyl sites for hydroxylation is 1. The van der Waals surface area contributed by atoms with Gasteiger partial charge in [-0.05, 0) is 60.9 Å². The van der Waals surface area contributed by atoms with Crippen LogP contribution in [0, 0.1) is 13.8 Å². The van der Waals surface area contributed by atoms with Crippen molar-refractivity contribution < 1.29 is 4.74 Å². The molecule has 0 amide bonds. The van der Waals surface area contributed by atoms with Crippen molar-refractivity contribution in [2.75, 3.05) is 7.11 Å². The van der Waals surface area contributed by atoms with E-state index in [1.165, 1.54) is 0 Å². The Kier molecular flexibility index (Phi) is 5.19. The van der Waals surface area contributed by atoms with Crippen molar-refractivity contribution in [3.63, 3.8) is 0 Å². The number of ether oxygens (including phenoxy) is 1. The van der Waals surface area contributed by atoms with Gasteiger partial charge in [0.25, 0.3) is 5.56 Å². The van der Waals surface area contributed by atoms with Crippen molar-refractivity contribution >= 4 is 28.4 Å². The monoisotopic (exact) mass is 442 g/mol. The minimum Gasteiger partial charge on any atom is -0.497 e. The summed E-state index contributed by atoms with van der Waals surface area (Å²) in [6.07, 6.45) is 0. The summed E-state index contributed by atoms with van der Waals surface area (Å²) < 4.78 is 8.99. The lowest BCUT2D eigenvalue weighted by Crippen LogP contribution is -2.22.